The van der Waals surface area contributed by atoms with E-state index in [2.05, 4.69) is 12.2 Å². The molecule has 0 aliphatic heterocycles. The number of fused-ring (bicyclic) bond motifs is 2. The highest BCUT2D eigenvalue weighted by molar-refractivity contribution is 4.99. The molecule has 0 saturated heterocycles. The van der Waals surface area contributed by atoms with E-state index in [0.717, 1.165) is 30.1 Å². The summed E-state index contributed by atoms with van der Waals surface area (Å²) in [6.45, 7) is 3.22. The average molecular weight is 219 g/mol. The molecular formula is C14H21NO. The van der Waals surface area contributed by atoms with Crippen LogP contribution in [0.25, 0.3) is 0 Å². The molecule has 2 aliphatic carbocycles. The van der Waals surface area contributed by atoms with Gasteiger partial charge in [0.15, 0.2) is 0 Å². The maximum atomic E-state index is 5.35. The van der Waals surface area contributed by atoms with Gasteiger partial charge in [0.2, 0.25) is 0 Å². The quantitative estimate of drug-likeness (QED) is 0.841. The zero-order valence-electron chi connectivity index (χ0n) is 9.99. The summed E-state index contributed by atoms with van der Waals surface area (Å²) in [4.78, 5) is 0. The zero-order chi connectivity index (χ0) is 11.0. The van der Waals surface area contributed by atoms with Crippen LogP contribution in [-0.2, 0) is 6.54 Å². The van der Waals surface area contributed by atoms with Crippen LogP contribution >= 0.6 is 0 Å². The van der Waals surface area contributed by atoms with Crippen molar-refractivity contribution in [1.82, 2.24) is 5.32 Å². The molecule has 0 spiro atoms. The molecule has 2 heteroatoms. The topological polar surface area (TPSA) is 25.2 Å². The summed E-state index contributed by atoms with van der Waals surface area (Å²) in [7, 11) is 0. The summed E-state index contributed by atoms with van der Waals surface area (Å²) >= 11 is 0. The molecule has 1 aromatic rings. The lowest BCUT2D eigenvalue weighted by Crippen LogP contribution is -2.35. The average Bonchev–Trinajstić information content (AvgIpc) is 3.01. The molecule has 0 unspecified atom stereocenters. The van der Waals surface area contributed by atoms with Crippen molar-refractivity contribution in [3.05, 3.63) is 24.2 Å². The van der Waals surface area contributed by atoms with E-state index in [-0.39, 0.29) is 0 Å². The Bertz CT molecular complexity index is 333. The Labute approximate surface area is 97.4 Å². The summed E-state index contributed by atoms with van der Waals surface area (Å²) < 4.78 is 5.35. The molecule has 3 rings (SSSR count). The predicted octanol–water partition coefficient (Wildman–Crippen LogP) is 3.19. The van der Waals surface area contributed by atoms with E-state index >= 15 is 0 Å². The van der Waals surface area contributed by atoms with Crippen LogP contribution in [0, 0.1) is 17.8 Å². The fourth-order valence-corrected chi connectivity index (χ4v) is 3.73. The standard InChI is InChI=1S/C14H21NO/c1-10(15-9-13-3-2-6-16-13)14-8-11-4-5-12(14)7-11/h2-3,6,10-12,14-15H,4-5,7-9H2,1H3/t10-,11+,12+,14+/m1/s1. The first kappa shape index (κ1) is 10.4. The molecule has 0 amide bonds. The highest BCUT2D eigenvalue weighted by Gasteiger charge is 2.41. The third-order valence-electron chi connectivity index (χ3n) is 4.61. The molecular weight excluding hydrogens is 198 g/mol. The SMILES string of the molecule is C[C@@H](NCc1ccco1)[C@@H]1C[C@H]2CC[C@H]1C2. The van der Waals surface area contributed by atoms with Crippen molar-refractivity contribution in [3.8, 4) is 0 Å². The van der Waals surface area contributed by atoms with Gasteiger partial charge < -0.3 is 9.73 Å². The normalized spacial score (nSPS) is 34.4. The number of hydrogen-bond donors (Lipinski definition) is 1. The lowest BCUT2D eigenvalue weighted by atomic mass is 9.84. The van der Waals surface area contributed by atoms with Gasteiger partial charge in [0.25, 0.3) is 0 Å². The minimum atomic E-state index is 0.639. The number of rotatable bonds is 4. The second kappa shape index (κ2) is 4.25. The summed E-state index contributed by atoms with van der Waals surface area (Å²) in [6.07, 6.45) is 7.67. The summed E-state index contributed by atoms with van der Waals surface area (Å²) in [6, 6.07) is 4.64. The van der Waals surface area contributed by atoms with E-state index in [4.69, 9.17) is 4.42 Å². The van der Waals surface area contributed by atoms with Gasteiger partial charge in [-0.3, -0.25) is 0 Å². The summed E-state index contributed by atoms with van der Waals surface area (Å²) in [5.41, 5.74) is 0. The molecule has 2 bridgehead atoms. The summed E-state index contributed by atoms with van der Waals surface area (Å²) in [5.74, 6) is 4.01. The van der Waals surface area contributed by atoms with Gasteiger partial charge in [-0.1, -0.05) is 6.42 Å². The molecule has 1 heterocycles. The molecule has 0 aromatic carbocycles. The van der Waals surface area contributed by atoms with Gasteiger partial charge in [-0.15, -0.1) is 0 Å². The predicted molar refractivity (Wildman–Crippen MR) is 63.9 cm³/mol. The van der Waals surface area contributed by atoms with Crippen molar-refractivity contribution in [2.24, 2.45) is 17.8 Å². The fraction of sp³-hybridized carbons (Fsp3) is 0.714. The van der Waals surface area contributed by atoms with Crippen molar-refractivity contribution in [1.29, 1.82) is 0 Å². The first-order chi connectivity index (χ1) is 7.83. The Morgan fingerprint density at radius 3 is 3.00 bits per heavy atom. The lowest BCUT2D eigenvalue weighted by molar-refractivity contribution is 0.255. The van der Waals surface area contributed by atoms with E-state index in [1.165, 1.54) is 25.7 Å². The van der Waals surface area contributed by atoms with Crippen LogP contribution in [0.5, 0.6) is 0 Å². The van der Waals surface area contributed by atoms with E-state index in [0.29, 0.717) is 6.04 Å². The van der Waals surface area contributed by atoms with Crippen LogP contribution in [-0.4, -0.2) is 6.04 Å². The molecule has 4 atom stereocenters. The highest BCUT2D eigenvalue weighted by atomic mass is 16.3. The molecule has 1 N–H and O–H groups in total. The number of nitrogens with one attached hydrogen (secondary N) is 1. The molecule has 16 heavy (non-hydrogen) atoms. The summed E-state index contributed by atoms with van der Waals surface area (Å²) in [5, 5.41) is 3.62. The molecule has 88 valence electrons. The van der Waals surface area contributed by atoms with Crippen LogP contribution in [0.2, 0.25) is 0 Å². The molecule has 0 radical (unpaired) electrons. The van der Waals surface area contributed by atoms with Crippen LogP contribution in [0.3, 0.4) is 0 Å². The second-order valence-electron chi connectivity index (χ2n) is 5.59. The molecule has 2 nitrogen and oxygen atoms in total. The largest absolute Gasteiger partial charge is 0.468 e. The first-order valence-corrected chi connectivity index (χ1v) is 6.58. The highest BCUT2D eigenvalue weighted by Crippen LogP contribution is 2.49. The Morgan fingerprint density at radius 1 is 1.44 bits per heavy atom. The number of hydrogen-bond acceptors (Lipinski definition) is 2. The smallest absolute Gasteiger partial charge is 0.117 e. The third-order valence-corrected chi connectivity index (χ3v) is 4.61. The molecule has 2 aliphatic rings. The van der Waals surface area contributed by atoms with Crippen molar-refractivity contribution in [2.75, 3.05) is 0 Å². The Balaban J connectivity index is 1.52. The van der Waals surface area contributed by atoms with Crippen molar-refractivity contribution < 1.29 is 4.42 Å². The van der Waals surface area contributed by atoms with Crippen molar-refractivity contribution in [3.63, 3.8) is 0 Å². The van der Waals surface area contributed by atoms with Crippen LogP contribution in [0.15, 0.2) is 22.8 Å². The minimum Gasteiger partial charge on any atom is -0.468 e. The zero-order valence-corrected chi connectivity index (χ0v) is 9.99. The van der Waals surface area contributed by atoms with Crippen LogP contribution < -0.4 is 5.32 Å². The van der Waals surface area contributed by atoms with Gasteiger partial charge in [-0.25, -0.2) is 0 Å². The maximum absolute atomic E-state index is 5.35. The fourth-order valence-electron chi connectivity index (χ4n) is 3.73. The van der Waals surface area contributed by atoms with Crippen LogP contribution in [0.4, 0.5) is 0 Å². The molecule has 2 fully saturated rings. The Morgan fingerprint density at radius 2 is 2.38 bits per heavy atom. The Hall–Kier alpha value is -0.760. The van der Waals surface area contributed by atoms with E-state index in [9.17, 15) is 0 Å². The third kappa shape index (κ3) is 1.91. The van der Waals surface area contributed by atoms with Gasteiger partial charge >= 0.3 is 0 Å². The Kier molecular flexibility index (Phi) is 2.76. The van der Waals surface area contributed by atoms with Crippen molar-refractivity contribution in [2.45, 2.75) is 45.2 Å². The second-order valence-corrected chi connectivity index (χ2v) is 5.59. The van der Waals surface area contributed by atoms with Gasteiger partial charge in [0.05, 0.1) is 12.8 Å². The van der Waals surface area contributed by atoms with E-state index in [1.54, 1.807) is 6.26 Å². The van der Waals surface area contributed by atoms with Gasteiger partial charge in [-0.2, -0.15) is 0 Å². The van der Waals surface area contributed by atoms with Crippen LogP contribution in [0.1, 0.15) is 38.4 Å². The van der Waals surface area contributed by atoms with Gasteiger partial charge in [-0.05, 0) is 56.1 Å². The first-order valence-electron chi connectivity index (χ1n) is 6.58. The molecule has 1 aromatic heterocycles. The maximum Gasteiger partial charge on any atom is 0.117 e. The van der Waals surface area contributed by atoms with E-state index < -0.39 is 0 Å². The lowest BCUT2D eigenvalue weighted by Gasteiger charge is -2.28. The van der Waals surface area contributed by atoms with Gasteiger partial charge in [0, 0.05) is 6.04 Å². The monoisotopic (exact) mass is 219 g/mol. The minimum absolute atomic E-state index is 0.639. The van der Waals surface area contributed by atoms with E-state index in [1.807, 2.05) is 12.1 Å². The van der Waals surface area contributed by atoms with Crippen molar-refractivity contribution >= 4 is 0 Å². The van der Waals surface area contributed by atoms with Gasteiger partial charge in [0.1, 0.15) is 5.76 Å². The number of furan rings is 1. The molecule has 2 saturated carbocycles.